The predicted octanol–water partition coefficient (Wildman–Crippen LogP) is 3.14. The van der Waals surface area contributed by atoms with Crippen LogP contribution in [0.1, 0.15) is 25.3 Å². The molecular weight excluding hydrogens is 422 g/mol. The molecule has 0 spiro atoms. The highest BCUT2D eigenvalue weighted by Gasteiger charge is 2.29. The summed E-state index contributed by atoms with van der Waals surface area (Å²) in [7, 11) is -6.63. The minimum absolute atomic E-state index is 0.0528. The van der Waals surface area contributed by atoms with Crippen LogP contribution in [0.3, 0.4) is 0 Å². The first kappa shape index (κ1) is 22.8. The molecule has 0 amide bonds. The summed E-state index contributed by atoms with van der Waals surface area (Å²) in [5.41, 5.74) is 1.29. The predicted molar refractivity (Wildman–Crippen MR) is 118 cm³/mol. The summed E-state index contributed by atoms with van der Waals surface area (Å²) >= 11 is 0. The van der Waals surface area contributed by atoms with Gasteiger partial charge < -0.3 is 4.74 Å². The molecule has 8 heteroatoms. The molecule has 164 valence electrons. The van der Waals surface area contributed by atoms with Gasteiger partial charge in [0.15, 0.2) is 9.84 Å². The topological polar surface area (TPSA) is 80.8 Å². The van der Waals surface area contributed by atoms with E-state index in [-0.39, 0.29) is 23.0 Å². The maximum Gasteiger partial charge on any atom is 0.243 e. The fourth-order valence-corrected chi connectivity index (χ4v) is 5.68. The number of nitrogens with zero attached hydrogens (tertiary/aromatic N) is 1. The highest BCUT2D eigenvalue weighted by Crippen LogP contribution is 2.27. The van der Waals surface area contributed by atoms with Crippen LogP contribution in [0.2, 0.25) is 0 Å². The van der Waals surface area contributed by atoms with Crippen LogP contribution in [0, 0.1) is 5.92 Å². The standard InChI is InChI=1S/C22H29NO5S2/c1-2-29(24,25)17-16-28-21-8-10-22(11-9-21)30(26,27)23-14-12-20(13-15-23)18-19-6-4-3-5-7-19/h3-11,20H,2,12-18H2,1H3. The van der Waals surface area contributed by atoms with Crippen molar-refractivity contribution >= 4 is 19.9 Å². The summed E-state index contributed by atoms with van der Waals surface area (Å²) in [4.78, 5) is 0.234. The van der Waals surface area contributed by atoms with Crippen LogP contribution >= 0.6 is 0 Å². The number of hydrogen-bond acceptors (Lipinski definition) is 5. The molecule has 0 bridgehead atoms. The molecule has 1 aliphatic rings. The summed E-state index contributed by atoms with van der Waals surface area (Å²) in [5.74, 6) is 0.979. The van der Waals surface area contributed by atoms with Crippen LogP contribution in [0.4, 0.5) is 0 Å². The van der Waals surface area contributed by atoms with Crippen molar-refractivity contribution in [3.05, 3.63) is 60.2 Å². The average Bonchev–Trinajstić information content (AvgIpc) is 2.75. The number of rotatable bonds is 9. The molecule has 0 aliphatic carbocycles. The van der Waals surface area contributed by atoms with E-state index in [0.29, 0.717) is 24.8 Å². The third-order valence-corrected chi connectivity index (χ3v) is 9.09. The first-order valence-electron chi connectivity index (χ1n) is 10.3. The summed E-state index contributed by atoms with van der Waals surface area (Å²) in [6.07, 6.45) is 2.68. The number of sulfone groups is 1. The smallest absolute Gasteiger partial charge is 0.243 e. The van der Waals surface area contributed by atoms with Crippen molar-refractivity contribution in [2.24, 2.45) is 5.92 Å². The van der Waals surface area contributed by atoms with E-state index >= 15 is 0 Å². The maximum atomic E-state index is 13.0. The molecule has 30 heavy (non-hydrogen) atoms. The van der Waals surface area contributed by atoms with E-state index in [2.05, 4.69) is 12.1 Å². The average molecular weight is 452 g/mol. The first-order valence-corrected chi connectivity index (χ1v) is 13.5. The van der Waals surface area contributed by atoms with E-state index in [9.17, 15) is 16.8 Å². The van der Waals surface area contributed by atoms with Gasteiger partial charge in [-0.05, 0) is 55.0 Å². The molecule has 2 aromatic carbocycles. The van der Waals surface area contributed by atoms with Crippen LogP contribution in [-0.4, -0.2) is 52.3 Å². The molecule has 0 radical (unpaired) electrons. The van der Waals surface area contributed by atoms with E-state index < -0.39 is 19.9 Å². The Bertz CT molecular complexity index is 1010. The Morgan fingerprint density at radius 2 is 1.57 bits per heavy atom. The summed E-state index contributed by atoms with van der Waals surface area (Å²) in [6, 6.07) is 16.5. The van der Waals surface area contributed by atoms with Gasteiger partial charge in [0, 0.05) is 18.8 Å². The van der Waals surface area contributed by atoms with Gasteiger partial charge >= 0.3 is 0 Å². The molecule has 1 heterocycles. The van der Waals surface area contributed by atoms with E-state index in [4.69, 9.17) is 4.74 Å². The Morgan fingerprint density at radius 3 is 2.17 bits per heavy atom. The molecule has 1 aliphatic heterocycles. The second-order valence-electron chi connectivity index (χ2n) is 7.59. The van der Waals surface area contributed by atoms with Crippen molar-refractivity contribution in [2.75, 3.05) is 31.2 Å². The molecule has 0 saturated carbocycles. The van der Waals surface area contributed by atoms with Crippen LogP contribution < -0.4 is 4.74 Å². The van der Waals surface area contributed by atoms with Gasteiger partial charge in [-0.25, -0.2) is 16.8 Å². The first-order chi connectivity index (χ1) is 14.3. The van der Waals surface area contributed by atoms with Crippen molar-refractivity contribution in [3.63, 3.8) is 0 Å². The number of piperidine rings is 1. The third-order valence-electron chi connectivity index (χ3n) is 5.51. The highest BCUT2D eigenvalue weighted by atomic mass is 32.2. The minimum Gasteiger partial charge on any atom is -0.493 e. The number of ether oxygens (including phenoxy) is 1. The van der Waals surface area contributed by atoms with Crippen LogP contribution in [-0.2, 0) is 26.3 Å². The van der Waals surface area contributed by atoms with E-state index in [1.54, 1.807) is 23.4 Å². The van der Waals surface area contributed by atoms with E-state index in [0.717, 1.165) is 19.3 Å². The zero-order valence-electron chi connectivity index (χ0n) is 17.2. The Labute approximate surface area is 179 Å². The zero-order valence-corrected chi connectivity index (χ0v) is 18.9. The molecule has 1 saturated heterocycles. The number of benzene rings is 2. The lowest BCUT2D eigenvalue weighted by Gasteiger charge is -2.31. The lowest BCUT2D eigenvalue weighted by atomic mass is 9.91. The lowest BCUT2D eigenvalue weighted by Crippen LogP contribution is -2.38. The van der Waals surface area contributed by atoms with Gasteiger partial charge in [-0.15, -0.1) is 0 Å². The van der Waals surface area contributed by atoms with Crippen molar-refractivity contribution in [1.29, 1.82) is 0 Å². The lowest BCUT2D eigenvalue weighted by molar-refractivity contribution is 0.273. The monoisotopic (exact) mass is 451 g/mol. The number of hydrogen-bond donors (Lipinski definition) is 0. The van der Waals surface area contributed by atoms with Gasteiger partial charge in [0.25, 0.3) is 0 Å². The Balaban J connectivity index is 1.54. The van der Waals surface area contributed by atoms with Gasteiger partial charge in [-0.3, -0.25) is 0 Å². The van der Waals surface area contributed by atoms with Gasteiger partial charge in [0.05, 0.1) is 10.6 Å². The molecule has 0 aromatic heterocycles. The largest absolute Gasteiger partial charge is 0.493 e. The van der Waals surface area contributed by atoms with Crippen LogP contribution in [0.5, 0.6) is 5.75 Å². The van der Waals surface area contributed by atoms with Gasteiger partial charge in [0.2, 0.25) is 10.0 Å². The van der Waals surface area contributed by atoms with Gasteiger partial charge in [-0.2, -0.15) is 4.31 Å². The molecular formula is C22H29NO5S2. The molecule has 3 rings (SSSR count). The third kappa shape index (κ3) is 6.06. The summed E-state index contributed by atoms with van der Waals surface area (Å²) in [5, 5.41) is 0. The molecule has 0 atom stereocenters. The summed E-state index contributed by atoms with van der Waals surface area (Å²) in [6.45, 7) is 2.69. The van der Waals surface area contributed by atoms with Crippen LogP contribution in [0.25, 0.3) is 0 Å². The Morgan fingerprint density at radius 1 is 0.933 bits per heavy atom. The second kappa shape index (κ2) is 9.94. The Hall–Kier alpha value is -1.90. The molecule has 0 unspecified atom stereocenters. The normalized spacial score (nSPS) is 16.4. The molecule has 6 nitrogen and oxygen atoms in total. The summed E-state index contributed by atoms with van der Waals surface area (Å²) < 4.78 is 55.9. The van der Waals surface area contributed by atoms with Crippen molar-refractivity contribution < 1.29 is 21.6 Å². The minimum atomic E-state index is -3.54. The van der Waals surface area contributed by atoms with Crippen molar-refractivity contribution in [1.82, 2.24) is 4.31 Å². The zero-order chi connectivity index (χ0) is 21.6. The molecule has 1 fully saturated rings. The van der Waals surface area contributed by atoms with Gasteiger partial charge in [-0.1, -0.05) is 37.3 Å². The second-order valence-corrected chi connectivity index (χ2v) is 12.0. The van der Waals surface area contributed by atoms with Crippen molar-refractivity contribution in [2.45, 2.75) is 31.1 Å². The van der Waals surface area contributed by atoms with E-state index in [1.165, 1.54) is 17.7 Å². The van der Waals surface area contributed by atoms with Gasteiger partial charge in [0.1, 0.15) is 12.4 Å². The maximum absolute atomic E-state index is 13.0. The fraction of sp³-hybridized carbons (Fsp3) is 0.455. The van der Waals surface area contributed by atoms with Crippen LogP contribution in [0.15, 0.2) is 59.5 Å². The van der Waals surface area contributed by atoms with E-state index in [1.807, 2.05) is 18.2 Å². The molecule has 0 N–H and O–H groups in total. The highest BCUT2D eigenvalue weighted by molar-refractivity contribution is 7.91. The quantitative estimate of drug-likeness (QED) is 0.585. The fourth-order valence-electron chi connectivity index (χ4n) is 3.59. The number of sulfonamides is 1. The Kier molecular flexibility index (Phi) is 7.55. The van der Waals surface area contributed by atoms with Crippen molar-refractivity contribution in [3.8, 4) is 5.75 Å². The SMILES string of the molecule is CCS(=O)(=O)CCOc1ccc(S(=O)(=O)N2CCC(Cc3ccccc3)CC2)cc1. The molecule has 2 aromatic rings.